The lowest BCUT2D eigenvalue weighted by Gasteiger charge is -2.17. The van der Waals surface area contributed by atoms with Gasteiger partial charge in [-0.25, -0.2) is 8.78 Å². The molecule has 16 heavy (non-hydrogen) atoms. The van der Waals surface area contributed by atoms with Crippen molar-refractivity contribution in [1.29, 1.82) is 0 Å². The summed E-state index contributed by atoms with van der Waals surface area (Å²) in [5.41, 5.74) is 5.79. The molecule has 0 aliphatic carbocycles. The summed E-state index contributed by atoms with van der Waals surface area (Å²) in [6.45, 7) is 4.63. The van der Waals surface area contributed by atoms with Gasteiger partial charge in [0.25, 0.3) is 0 Å². The highest BCUT2D eigenvalue weighted by Crippen LogP contribution is 2.20. The van der Waals surface area contributed by atoms with Crippen LogP contribution in [0.5, 0.6) is 0 Å². The number of benzene rings is 1. The lowest BCUT2D eigenvalue weighted by atomic mass is 9.90. The van der Waals surface area contributed by atoms with E-state index in [1.807, 2.05) is 0 Å². The molecular formula is C13H19F2N. The average molecular weight is 227 g/mol. The lowest BCUT2D eigenvalue weighted by Crippen LogP contribution is -2.20. The van der Waals surface area contributed by atoms with Gasteiger partial charge in [0.05, 0.1) is 0 Å². The standard InChI is InChI=1S/C13H19F2N/c1-9(2)6-10(8-16)7-11-12(14)4-3-5-13(11)15/h3-5,9-10H,6-8,16H2,1-2H3. The maximum atomic E-state index is 13.4. The van der Waals surface area contributed by atoms with E-state index in [0.29, 0.717) is 18.9 Å². The van der Waals surface area contributed by atoms with E-state index in [0.717, 1.165) is 6.42 Å². The Bertz CT molecular complexity index is 316. The van der Waals surface area contributed by atoms with Crippen LogP contribution in [-0.2, 0) is 6.42 Å². The molecule has 0 amide bonds. The van der Waals surface area contributed by atoms with E-state index in [9.17, 15) is 8.78 Å². The van der Waals surface area contributed by atoms with E-state index in [4.69, 9.17) is 5.73 Å². The molecule has 1 atom stereocenters. The molecule has 1 rings (SSSR count). The van der Waals surface area contributed by atoms with Crippen molar-refractivity contribution in [2.75, 3.05) is 6.54 Å². The van der Waals surface area contributed by atoms with Crippen molar-refractivity contribution in [3.8, 4) is 0 Å². The van der Waals surface area contributed by atoms with Gasteiger partial charge >= 0.3 is 0 Å². The topological polar surface area (TPSA) is 26.0 Å². The molecule has 0 spiro atoms. The van der Waals surface area contributed by atoms with Gasteiger partial charge in [-0.1, -0.05) is 19.9 Å². The van der Waals surface area contributed by atoms with E-state index in [1.54, 1.807) is 0 Å². The summed E-state index contributed by atoms with van der Waals surface area (Å²) in [5, 5.41) is 0. The Hall–Kier alpha value is -0.960. The van der Waals surface area contributed by atoms with Crippen LogP contribution in [0.15, 0.2) is 18.2 Å². The first-order valence-electron chi connectivity index (χ1n) is 5.67. The summed E-state index contributed by atoms with van der Waals surface area (Å²) in [4.78, 5) is 0. The average Bonchev–Trinajstić information content (AvgIpc) is 2.21. The second-order valence-electron chi connectivity index (χ2n) is 4.64. The van der Waals surface area contributed by atoms with E-state index in [1.165, 1.54) is 18.2 Å². The van der Waals surface area contributed by atoms with Gasteiger partial charge < -0.3 is 5.73 Å². The van der Waals surface area contributed by atoms with Gasteiger partial charge in [0.1, 0.15) is 11.6 Å². The summed E-state index contributed by atoms with van der Waals surface area (Å²) in [6.07, 6.45) is 1.28. The first-order valence-corrected chi connectivity index (χ1v) is 5.67. The molecule has 0 saturated carbocycles. The van der Waals surface area contributed by atoms with Crippen LogP contribution in [0.25, 0.3) is 0 Å². The molecule has 90 valence electrons. The smallest absolute Gasteiger partial charge is 0.129 e. The molecule has 0 heterocycles. The van der Waals surface area contributed by atoms with Gasteiger partial charge in [-0.15, -0.1) is 0 Å². The van der Waals surface area contributed by atoms with Crippen LogP contribution < -0.4 is 5.73 Å². The minimum absolute atomic E-state index is 0.145. The Balaban J connectivity index is 2.77. The van der Waals surface area contributed by atoms with Gasteiger partial charge in [0.2, 0.25) is 0 Å². The SMILES string of the molecule is CC(C)CC(CN)Cc1c(F)cccc1F. The number of hydrogen-bond donors (Lipinski definition) is 1. The predicted molar refractivity (Wildman–Crippen MR) is 62.1 cm³/mol. The summed E-state index contributed by atoms with van der Waals surface area (Å²) in [5.74, 6) is -0.306. The third-order valence-electron chi connectivity index (χ3n) is 2.69. The normalized spacial score (nSPS) is 13.1. The molecule has 3 heteroatoms. The van der Waals surface area contributed by atoms with Gasteiger partial charge in [-0.2, -0.15) is 0 Å². The Kier molecular flexibility index (Phi) is 4.87. The monoisotopic (exact) mass is 227 g/mol. The van der Waals surface area contributed by atoms with E-state index < -0.39 is 11.6 Å². The summed E-state index contributed by atoms with van der Waals surface area (Å²) in [6, 6.07) is 3.97. The quantitative estimate of drug-likeness (QED) is 0.821. The zero-order valence-corrected chi connectivity index (χ0v) is 9.84. The highest BCUT2D eigenvalue weighted by Gasteiger charge is 2.15. The van der Waals surface area contributed by atoms with E-state index >= 15 is 0 Å². The van der Waals surface area contributed by atoms with Crippen LogP contribution in [-0.4, -0.2) is 6.54 Å². The Morgan fingerprint density at radius 1 is 1.19 bits per heavy atom. The molecule has 0 saturated heterocycles. The van der Waals surface area contributed by atoms with Crippen molar-refractivity contribution in [2.24, 2.45) is 17.6 Å². The molecular weight excluding hydrogens is 208 g/mol. The van der Waals surface area contributed by atoms with Crippen molar-refractivity contribution in [1.82, 2.24) is 0 Å². The maximum absolute atomic E-state index is 13.4. The molecule has 1 aromatic rings. The van der Waals surface area contributed by atoms with Crippen molar-refractivity contribution in [3.63, 3.8) is 0 Å². The molecule has 0 aromatic heterocycles. The molecule has 0 radical (unpaired) electrons. The van der Waals surface area contributed by atoms with Gasteiger partial charge in [0.15, 0.2) is 0 Å². The molecule has 2 N–H and O–H groups in total. The predicted octanol–water partition coefficient (Wildman–Crippen LogP) is 3.13. The lowest BCUT2D eigenvalue weighted by molar-refractivity contribution is 0.402. The summed E-state index contributed by atoms with van der Waals surface area (Å²) in [7, 11) is 0. The van der Waals surface area contributed by atoms with Gasteiger partial charge in [0, 0.05) is 5.56 Å². The zero-order chi connectivity index (χ0) is 12.1. The third-order valence-corrected chi connectivity index (χ3v) is 2.69. The fourth-order valence-electron chi connectivity index (χ4n) is 1.95. The molecule has 0 fully saturated rings. The van der Waals surface area contributed by atoms with Gasteiger partial charge in [-0.05, 0) is 43.4 Å². The number of halogens is 2. The number of hydrogen-bond acceptors (Lipinski definition) is 1. The first kappa shape index (κ1) is 13.1. The molecule has 0 bridgehead atoms. The zero-order valence-electron chi connectivity index (χ0n) is 9.84. The minimum Gasteiger partial charge on any atom is -0.330 e. The van der Waals surface area contributed by atoms with Crippen molar-refractivity contribution in [2.45, 2.75) is 26.7 Å². The van der Waals surface area contributed by atoms with Crippen LogP contribution in [0.4, 0.5) is 8.78 Å². The second kappa shape index (κ2) is 5.94. The van der Waals surface area contributed by atoms with Crippen LogP contribution in [0, 0.1) is 23.5 Å². The van der Waals surface area contributed by atoms with Crippen molar-refractivity contribution < 1.29 is 8.78 Å². The fraction of sp³-hybridized carbons (Fsp3) is 0.538. The van der Waals surface area contributed by atoms with E-state index in [-0.39, 0.29) is 11.5 Å². The molecule has 1 aromatic carbocycles. The summed E-state index contributed by atoms with van der Waals surface area (Å²) < 4.78 is 26.8. The highest BCUT2D eigenvalue weighted by atomic mass is 19.1. The Morgan fingerprint density at radius 2 is 1.75 bits per heavy atom. The van der Waals surface area contributed by atoms with Crippen molar-refractivity contribution >= 4 is 0 Å². The van der Waals surface area contributed by atoms with Crippen LogP contribution in [0.2, 0.25) is 0 Å². The minimum atomic E-state index is -0.470. The molecule has 0 aliphatic heterocycles. The number of rotatable bonds is 5. The van der Waals surface area contributed by atoms with E-state index in [2.05, 4.69) is 13.8 Å². The highest BCUT2D eigenvalue weighted by molar-refractivity contribution is 5.20. The molecule has 1 nitrogen and oxygen atoms in total. The Morgan fingerprint density at radius 3 is 2.19 bits per heavy atom. The molecule has 1 unspecified atom stereocenters. The third kappa shape index (κ3) is 3.56. The Labute approximate surface area is 95.7 Å². The van der Waals surface area contributed by atoms with Crippen LogP contribution in [0.3, 0.4) is 0 Å². The number of nitrogens with two attached hydrogens (primary N) is 1. The van der Waals surface area contributed by atoms with Crippen LogP contribution >= 0.6 is 0 Å². The van der Waals surface area contributed by atoms with Crippen molar-refractivity contribution in [3.05, 3.63) is 35.4 Å². The van der Waals surface area contributed by atoms with Gasteiger partial charge in [-0.3, -0.25) is 0 Å². The first-order chi connectivity index (χ1) is 7.54. The molecule has 0 aliphatic rings. The maximum Gasteiger partial charge on any atom is 0.129 e. The largest absolute Gasteiger partial charge is 0.330 e. The second-order valence-corrected chi connectivity index (χ2v) is 4.64. The summed E-state index contributed by atoms with van der Waals surface area (Å²) >= 11 is 0. The fourth-order valence-corrected chi connectivity index (χ4v) is 1.95. The van der Waals surface area contributed by atoms with Crippen LogP contribution in [0.1, 0.15) is 25.8 Å².